The van der Waals surface area contributed by atoms with Crippen LogP contribution in [0.25, 0.3) is 10.6 Å². The molecule has 10 heteroatoms. The molecule has 0 aliphatic rings. The van der Waals surface area contributed by atoms with Gasteiger partial charge in [-0.1, -0.05) is 0 Å². The van der Waals surface area contributed by atoms with E-state index in [-0.39, 0.29) is 35.8 Å². The first kappa shape index (κ1) is 25.3. The molecule has 0 aliphatic heterocycles. The maximum absolute atomic E-state index is 11.3. The number of thiazole rings is 1. The van der Waals surface area contributed by atoms with E-state index in [9.17, 15) is 8.42 Å². The van der Waals surface area contributed by atoms with Gasteiger partial charge in [-0.2, -0.15) is 0 Å². The molecule has 0 bridgehead atoms. The average molecular weight is 557 g/mol. The fourth-order valence-corrected chi connectivity index (χ4v) is 4.85. The number of hydrogen-bond acceptors (Lipinski definition) is 6. The highest BCUT2D eigenvalue weighted by Gasteiger charge is 2.10. The Morgan fingerprint density at radius 3 is 2.71 bits per heavy atom. The smallest absolute Gasteiger partial charge is 0.191 e. The van der Waals surface area contributed by atoms with Crippen molar-refractivity contribution in [3.8, 4) is 10.6 Å². The summed E-state index contributed by atoms with van der Waals surface area (Å²) in [6.45, 7) is 7.43. The first-order valence-corrected chi connectivity index (χ1v) is 12.8. The van der Waals surface area contributed by atoms with Crippen LogP contribution in [0.4, 0.5) is 0 Å². The lowest BCUT2D eigenvalue weighted by Gasteiger charge is -2.17. The van der Waals surface area contributed by atoms with Gasteiger partial charge >= 0.3 is 0 Å². The third kappa shape index (κ3) is 9.19. The molecule has 158 valence electrons. The van der Waals surface area contributed by atoms with Crippen LogP contribution in [-0.2, 0) is 16.3 Å². The van der Waals surface area contributed by atoms with Crippen molar-refractivity contribution in [1.29, 1.82) is 0 Å². The van der Waals surface area contributed by atoms with Crippen LogP contribution in [0.15, 0.2) is 22.5 Å². The monoisotopic (exact) mass is 556 g/mol. The van der Waals surface area contributed by atoms with Gasteiger partial charge in [0.25, 0.3) is 0 Å². The maximum Gasteiger partial charge on any atom is 0.191 e. The quantitative estimate of drug-likeness (QED) is 0.280. The second kappa shape index (κ2) is 12.1. The summed E-state index contributed by atoms with van der Waals surface area (Å²) in [5.74, 6) is 0.902. The average Bonchev–Trinajstić information content (AvgIpc) is 3.21. The molecule has 28 heavy (non-hydrogen) atoms. The summed E-state index contributed by atoms with van der Waals surface area (Å²) < 4.78 is 22.6. The summed E-state index contributed by atoms with van der Waals surface area (Å²) >= 11 is 3.42. The molecule has 2 heterocycles. The van der Waals surface area contributed by atoms with E-state index >= 15 is 0 Å². The lowest BCUT2D eigenvalue weighted by Crippen LogP contribution is -2.43. The third-order valence-electron chi connectivity index (χ3n) is 3.81. The standard InChI is InChI=1S/C18H28N4O2S3.HI/c1-5-19-18(21-13(2)9-11-27(4,23)24)20-10-8-15-6-7-17(26-15)16-12-25-14(3)22-16;/h6-7,12-13H,5,8-11H2,1-4H3,(H2,19,20,21);1H. The minimum absolute atomic E-state index is 0. The summed E-state index contributed by atoms with van der Waals surface area (Å²) in [4.78, 5) is 11.6. The zero-order chi connectivity index (χ0) is 19.9. The Morgan fingerprint density at radius 1 is 1.36 bits per heavy atom. The fourth-order valence-electron chi connectivity index (χ4n) is 2.42. The number of halogens is 1. The molecule has 0 amide bonds. The molecule has 2 aromatic heterocycles. The minimum atomic E-state index is -2.94. The van der Waals surface area contributed by atoms with Crippen LogP contribution in [0.5, 0.6) is 0 Å². The van der Waals surface area contributed by atoms with Crippen molar-refractivity contribution in [2.75, 3.05) is 25.1 Å². The normalized spacial score (nSPS) is 13.1. The van der Waals surface area contributed by atoms with Crippen LogP contribution in [0.1, 0.15) is 30.2 Å². The van der Waals surface area contributed by atoms with Gasteiger partial charge in [0.05, 0.1) is 21.3 Å². The Kier molecular flexibility index (Phi) is 10.9. The fraction of sp³-hybridized carbons (Fsp3) is 0.556. The van der Waals surface area contributed by atoms with E-state index < -0.39 is 9.84 Å². The van der Waals surface area contributed by atoms with E-state index in [1.807, 2.05) is 20.8 Å². The predicted octanol–water partition coefficient (Wildman–Crippen LogP) is 3.72. The Balaban J connectivity index is 0.00000392. The Labute approximate surface area is 193 Å². The zero-order valence-electron chi connectivity index (χ0n) is 16.7. The highest BCUT2D eigenvalue weighted by atomic mass is 127. The second-order valence-corrected chi connectivity index (χ2v) is 11.0. The van der Waals surface area contributed by atoms with Gasteiger partial charge in [-0.25, -0.2) is 13.4 Å². The summed E-state index contributed by atoms with van der Waals surface area (Å²) in [6, 6.07) is 4.30. The Hall–Kier alpha value is -0.720. The van der Waals surface area contributed by atoms with Gasteiger partial charge in [-0.3, -0.25) is 4.99 Å². The van der Waals surface area contributed by atoms with Gasteiger partial charge in [0, 0.05) is 42.1 Å². The van der Waals surface area contributed by atoms with Crippen LogP contribution in [-0.4, -0.2) is 50.5 Å². The number of aromatic nitrogens is 1. The molecule has 2 N–H and O–H groups in total. The van der Waals surface area contributed by atoms with Crippen LogP contribution < -0.4 is 10.6 Å². The van der Waals surface area contributed by atoms with Crippen LogP contribution in [0, 0.1) is 6.92 Å². The molecule has 1 atom stereocenters. The number of thiophene rings is 1. The van der Waals surface area contributed by atoms with Gasteiger partial charge in [0.1, 0.15) is 9.84 Å². The Morgan fingerprint density at radius 2 is 2.11 bits per heavy atom. The van der Waals surface area contributed by atoms with Crippen molar-refractivity contribution >= 4 is 62.4 Å². The van der Waals surface area contributed by atoms with Crippen molar-refractivity contribution in [2.45, 2.75) is 39.7 Å². The molecule has 1 unspecified atom stereocenters. The van der Waals surface area contributed by atoms with Gasteiger partial charge in [-0.15, -0.1) is 46.7 Å². The SMILES string of the molecule is CCNC(=NCCc1ccc(-c2csc(C)n2)s1)NC(C)CCS(C)(=O)=O.I. The number of aliphatic imine (C=N–C) groups is 1. The topological polar surface area (TPSA) is 83.4 Å². The molecule has 2 aromatic rings. The molecule has 0 saturated carbocycles. The molecule has 0 aromatic carbocycles. The summed E-state index contributed by atoms with van der Waals surface area (Å²) in [5, 5.41) is 9.67. The van der Waals surface area contributed by atoms with Crippen molar-refractivity contribution in [3.05, 3.63) is 27.4 Å². The summed E-state index contributed by atoms with van der Waals surface area (Å²) in [5.41, 5.74) is 1.05. The molecular formula is C18H29IN4O2S3. The third-order valence-corrected chi connectivity index (χ3v) is 6.73. The number of sulfone groups is 1. The van der Waals surface area contributed by atoms with E-state index in [4.69, 9.17) is 0 Å². The second-order valence-electron chi connectivity index (χ2n) is 6.49. The summed E-state index contributed by atoms with van der Waals surface area (Å²) in [7, 11) is -2.94. The van der Waals surface area contributed by atoms with E-state index in [2.05, 4.69) is 38.1 Å². The molecule has 0 radical (unpaired) electrons. The van der Waals surface area contributed by atoms with Crippen LogP contribution >= 0.6 is 46.7 Å². The maximum atomic E-state index is 11.3. The van der Waals surface area contributed by atoms with Crippen molar-refractivity contribution in [3.63, 3.8) is 0 Å². The van der Waals surface area contributed by atoms with Gasteiger partial charge in [0.15, 0.2) is 5.96 Å². The number of nitrogens with one attached hydrogen (secondary N) is 2. The largest absolute Gasteiger partial charge is 0.357 e. The molecule has 0 spiro atoms. The van der Waals surface area contributed by atoms with E-state index in [0.29, 0.717) is 13.0 Å². The lowest BCUT2D eigenvalue weighted by atomic mass is 10.3. The number of hydrogen-bond donors (Lipinski definition) is 2. The minimum Gasteiger partial charge on any atom is -0.357 e. The highest BCUT2D eigenvalue weighted by Crippen LogP contribution is 2.29. The first-order chi connectivity index (χ1) is 12.8. The number of nitrogens with zero attached hydrogens (tertiary/aromatic N) is 2. The number of rotatable bonds is 9. The number of aryl methyl sites for hydroxylation is 1. The number of guanidine groups is 1. The predicted molar refractivity (Wildman–Crippen MR) is 132 cm³/mol. The van der Waals surface area contributed by atoms with Crippen LogP contribution in [0.2, 0.25) is 0 Å². The van der Waals surface area contributed by atoms with Crippen molar-refractivity contribution < 1.29 is 8.42 Å². The van der Waals surface area contributed by atoms with Gasteiger partial charge < -0.3 is 10.6 Å². The Bertz CT molecular complexity index is 862. The first-order valence-electron chi connectivity index (χ1n) is 9.00. The molecule has 0 fully saturated rings. The van der Waals surface area contributed by atoms with Gasteiger partial charge in [-0.05, 0) is 39.3 Å². The molecule has 0 saturated heterocycles. The summed E-state index contributed by atoms with van der Waals surface area (Å²) in [6.07, 6.45) is 2.69. The van der Waals surface area contributed by atoms with E-state index in [1.165, 1.54) is 16.0 Å². The van der Waals surface area contributed by atoms with E-state index in [0.717, 1.165) is 29.6 Å². The van der Waals surface area contributed by atoms with E-state index in [1.54, 1.807) is 22.7 Å². The zero-order valence-corrected chi connectivity index (χ0v) is 21.5. The molecular weight excluding hydrogens is 527 g/mol. The lowest BCUT2D eigenvalue weighted by molar-refractivity contribution is 0.581. The van der Waals surface area contributed by atoms with Gasteiger partial charge in [0.2, 0.25) is 0 Å². The molecule has 0 aliphatic carbocycles. The highest BCUT2D eigenvalue weighted by molar-refractivity contribution is 14.0. The van der Waals surface area contributed by atoms with Crippen LogP contribution in [0.3, 0.4) is 0 Å². The molecule has 2 rings (SSSR count). The van der Waals surface area contributed by atoms with Crippen molar-refractivity contribution in [2.24, 2.45) is 4.99 Å². The van der Waals surface area contributed by atoms with Crippen molar-refractivity contribution in [1.82, 2.24) is 15.6 Å². The molecule has 6 nitrogen and oxygen atoms in total.